The van der Waals surface area contributed by atoms with Gasteiger partial charge in [-0.15, -0.1) is 0 Å². The van der Waals surface area contributed by atoms with Crippen molar-refractivity contribution in [1.29, 1.82) is 21.0 Å². The van der Waals surface area contributed by atoms with Gasteiger partial charge in [0.25, 0.3) is 0 Å². The molecule has 6 nitrogen and oxygen atoms in total. The summed E-state index contributed by atoms with van der Waals surface area (Å²) in [5, 5.41) is 36.6. The summed E-state index contributed by atoms with van der Waals surface area (Å²) in [6.45, 7) is 0. The second kappa shape index (κ2) is 8.77. The molecular weight excluding hydrogens is 292 g/mol. The Balaban J connectivity index is 5.47. The second-order valence-electron chi connectivity index (χ2n) is 3.76. The fourth-order valence-corrected chi connectivity index (χ4v) is 3.67. The van der Waals surface area contributed by atoms with Crippen molar-refractivity contribution in [3.05, 3.63) is 21.2 Å². The molecule has 102 valence electrons. The van der Waals surface area contributed by atoms with Crippen LogP contribution in [0, 0.1) is 45.3 Å². The molecule has 0 aromatic rings. The Labute approximate surface area is 126 Å². The first kappa shape index (κ1) is 17.7. The minimum absolute atomic E-state index is 0.0129. The van der Waals surface area contributed by atoms with Crippen LogP contribution in [0.4, 0.5) is 0 Å². The number of hydrogen-bond acceptors (Lipinski definition) is 8. The van der Waals surface area contributed by atoms with Crippen LogP contribution in [-0.2, 0) is 0 Å². The molecule has 0 N–H and O–H groups in total. The van der Waals surface area contributed by atoms with E-state index < -0.39 is 0 Å². The summed E-state index contributed by atoms with van der Waals surface area (Å²) < 4.78 is 0. The van der Waals surface area contributed by atoms with Crippen LogP contribution in [0.15, 0.2) is 21.2 Å². The van der Waals surface area contributed by atoms with Gasteiger partial charge in [-0.2, -0.15) is 21.0 Å². The Hall–Kier alpha value is -2.26. The Morgan fingerprint density at radius 3 is 1.05 bits per heavy atom. The minimum atomic E-state index is -0.0129. The van der Waals surface area contributed by atoms with Crippen molar-refractivity contribution in [1.82, 2.24) is 9.80 Å². The van der Waals surface area contributed by atoms with E-state index >= 15 is 0 Å². The molecule has 0 radical (unpaired) electrons. The lowest BCUT2D eigenvalue weighted by molar-refractivity contribution is 0.547. The lowest BCUT2D eigenvalue weighted by atomic mass is 10.3. The number of hydrogen-bond donors (Lipinski definition) is 0. The van der Waals surface area contributed by atoms with Crippen molar-refractivity contribution < 1.29 is 0 Å². The molecule has 0 atom stereocenters. The van der Waals surface area contributed by atoms with E-state index in [-0.39, 0.29) is 11.1 Å². The number of allylic oxidation sites excluding steroid dienone is 2. The third kappa shape index (κ3) is 4.78. The van der Waals surface area contributed by atoms with Gasteiger partial charge in [0.2, 0.25) is 0 Å². The Morgan fingerprint density at radius 2 is 0.900 bits per heavy atom. The van der Waals surface area contributed by atoms with Crippen molar-refractivity contribution in [2.24, 2.45) is 0 Å². The summed E-state index contributed by atoms with van der Waals surface area (Å²) in [4.78, 5) is 3.29. The highest BCUT2D eigenvalue weighted by molar-refractivity contribution is 8.79. The van der Waals surface area contributed by atoms with Crippen LogP contribution in [-0.4, -0.2) is 38.0 Å². The van der Waals surface area contributed by atoms with Crippen LogP contribution in [0.5, 0.6) is 0 Å². The van der Waals surface area contributed by atoms with Crippen LogP contribution < -0.4 is 0 Å². The van der Waals surface area contributed by atoms with Gasteiger partial charge >= 0.3 is 0 Å². The van der Waals surface area contributed by atoms with E-state index in [1.165, 1.54) is 0 Å². The zero-order valence-corrected chi connectivity index (χ0v) is 13.1. The maximum absolute atomic E-state index is 8.91. The quantitative estimate of drug-likeness (QED) is 0.561. The van der Waals surface area contributed by atoms with Crippen molar-refractivity contribution in [3.8, 4) is 24.3 Å². The van der Waals surface area contributed by atoms with E-state index in [2.05, 4.69) is 0 Å². The molecule has 0 heterocycles. The lowest BCUT2D eigenvalue weighted by Gasteiger charge is -2.19. The van der Waals surface area contributed by atoms with Crippen LogP contribution in [0.1, 0.15) is 0 Å². The maximum Gasteiger partial charge on any atom is 0.160 e. The van der Waals surface area contributed by atoms with Gasteiger partial charge in [-0.1, -0.05) is 0 Å². The molecule has 0 amide bonds. The molecule has 0 spiro atoms. The topological polar surface area (TPSA) is 102 Å². The first-order chi connectivity index (χ1) is 9.42. The standard InChI is InChI=1S/C12H12N6S2/c1-17(2)11(9(5-13)6-14)19-20-12(18(3)4)10(7-15)8-16/h1-4H3. The van der Waals surface area contributed by atoms with E-state index in [1.807, 2.05) is 24.3 Å². The first-order valence-corrected chi connectivity index (χ1v) is 7.36. The molecule has 0 aromatic carbocycles. The molecule has 20 heavy (non-hydrogen) atoms. The Morgan fingerprint density at radius 1 is 0.650 bits per heavy atom. The lowest BCUT2D eigenvalue weighted by Crippen LogP contribution is -2.12. The molecule has 0 aliphatic rings. The minimum Gasteiger partial charge on any atom is -0.370 e. The smallest absolute Gasteiger partial charge is 0.160 e. The van der Waals surface area contributed by atoms with E-state index in [4.69, 9.17) is 21.0 Å². The molecular formula is C12H12N6S2. The first-order valence-electron chi connectivity index (χ1n) is 5.21. The number of rotatable bonds is 5. The molecule has 0 saturated carbocycles. The molecule has 0 rings (SSSR count). The van der Waals surface area contributed by atoms with E-state index in [0.29, 0.717) is 10.1 Å². The Bertz CT molecular complexity index is 503. The predicted molar refractivity (Wildman–Crippen MR) is 79.1 cm³/mol. The molecule has 0 aromatic heterocycles. The van der Waals surface area contributed by atoms with E-state index in [9.17, 15) is 0 Å². The second-order valence-corrected chi connectivity index (χ2v) is 5.87. The van der Waals surface area contributed by atoms with Gasteiger partial charge in [-0.3, -0.25) is 0 Å². The predicted octanol–water partition coefficient (Wildman–Crippen LogP) is 2.01. The zero-order chi connectivity index (χ0) is 15.7. The highest BCUT2D eigenvalue weighted by Gasteiger charge is 2.15. The summed E-state index contributed by atoms with van der Waals surface area (Å²) in [5.74, 6) is 0. The normalized spacial score (nSPS) is 8.20. The van der Waals surface area contributed by atoms with Crippen molar-refractivity contribution in [3.63, 3.8) is 0 Å². The SMILES string of the molecule is CN(C)C(SSC(=C(C#N)C#N)N(C)C)=C(C#N)C#N. The van der Waals surface area contributed by atoms with Gasteiger partial charge in [-0.05, 0) is 21.6 Å². The molecule has 0 fully saturated rings. The van der Waals surface area contributed by atoms with Crippen LogP contribution in [0.2, 0.25) is 0 Å². The monoisotopic (exact) mass is 304 g/mol. The third-order valence-corrected chi connectivity index (χ3v) is 4.62. The van der Waals surface area contributed by atoms with Gasteiger partial charge < -0.3 is 9.80 Å². The summed E-state index contributed by atoms with van der Waals surface area (Å²) >= 11 is 0. The third-order valence-electron chi connectivity index (χ3n) is 1.89. The van der Waals surface area contributed by atoms with Crippen molar-refractivity contribution in [2.45, 2.75) is 0 Å². The Kier molecular flexibility index (Phi) is 7.78. The molecule has 0 aliphatic carbocycles. The van der Waals surface area contributed by atoms with Crippen molar-refractivity contribution in [2.75, 3.05) is 28.2 Å². The van der Waals surface area contributed by atoms with Crippen LogP contribution >= 0.6 is 21.6 Å². The van der Waals surface area contributed by atoms with Gasteiger partial charge in [0.1, 0.15) is 34.3 Å². The maximum atomic E-state index is 8.91. The van der Waals surface area contributed by atoms with Gasteiger partial charge in [0.15, 0.2) is 11.1 Å². The van der Waals surface area contributed by atoms with Gasteiger partial charge in [0, 0.05) is 28.2 Å². The summed E-state index contributed by atoms with van der Waals surface area (Å²) in [7, 11) is 9.17. The molecule has 8 heteroatoms. The largest absolute Gasteiger partial charge is 0.370 e. The average Bonchev–Trinajstić information content (AvgIpc) is 2.41. The number of nitriles is 4. The summed E-state index contributed by atoms with van der Waals surface area (Å²) in [5.41, 5.74) is -0.0258. The van der Waals surface area contributed by atoms with Crippen molar-refractivity contribution >= 4 is 21.6 Å². The van der Waals surface area contributed by atoms with Crippen LogP contribution in [0.3, 0.4) is 0 Å². The van der Waals surface area contributed by atoms with E-state index in [1.54, 1.807) is 38.0 Å². The van der Waals surface area contributed by atoms with Crippen LogP contribution in [0.25, 0.3) is 0 Å². The summed E-state index contributed by atoms with van der Waals surface area (Å²) in [6.07, 6.45) is 0. The highest BCUT2D eigenvalue weighted by Crippen LogP contribution is 2.40. The average molecular weight is 304 g/mol. The van der Waals surface area contributed by atoms with Gasteiger partial charge in [0.05, 0.1) is 0 Å². The molecule has 0 bridgehead atoms. The van der Waals surface area contributed by atoms with E-state index in [0.717, 1.165) is 21.6 Å². The highest BCUT2D eigenvalue weighted by atomic mass is 33.1. The molecule has 0 unspecified atom stereocenters. The fourth-order valence-electron chi connectivity index (χ4n) is 1.000. The number of nitrogens with zero attached hydrogens (tertiary/aromatic N) is 6. The molecule has 0 aliphatic heterocycles. The summed E-state index contributed by atoms with van der Waals surface area (Å²) in [6, 6.07) is 7.31. The zero-order valence-electron chi connectivity index (χ0n) is 11.5. The molecule has 0 saturated heterocycles. The fraction of sp³-hybridized carbons (Fsp3) is 0.333. The van der Waals surface area contributed by atoms with Gasteiger partial charge in [-0.25, -0.2) is 0 Å².